The molecule has 5 heterocycles. The number of nitrogen functional groups attached to an aromatic ring is 1. The van der Waals surface area contributed by atoms with Crippen molar-refractivity contribution >= 4 is 17.0 Å². The van der Waals surface area contributed by atoms with E-state index >= 15 is 0 Å². The van der Waals surface area contributed by atoms with E-state index in [1.165, 1.54) is 18.7 Å². The van der Waals surface area contributed by atoms with Gasteiger partial charge in [0.15, 0.2) is 11.5 Å². The van der Waals surface area contributed by atoms with E-state index in [1.54, 1.807) is 6.20 Å². The Labute approximate surface area is 209 Å². The number of nitrogens with two attached hydrogens (primary N) is 1. The maximum atomic E-state index is 6.29. The number of hydrogen-bond donors (Lipinski definition) is 2. The van der Waals surface area contributed by atoms with Crippen molar-refractivity contribution < 1.29 is 0 Å². The first-order valence-electron chi connectivity index (χ1n) is 12.4. The van der Waals surface area contributed by atoms with Crippen LogP contribution in [0.3, 0.4) is 0 Å². The first-order chi connectivity index (χ1) is 17.7. The molecule has 0 saturated carbocycles. The molecule has 3 N–H and O–H groups in total. The molecule has 0 amide bonds. The normalized spacial score (nSPS) is 16.7. The summed E-state index contributed by atoms with van der Waals surface area (Å²) >= 11 is 0. The lowest BCUT2D eigenvalue weighted by molar-refractivity contribution is -0.0444. The zero-order chi connectivity index (χ0) is 24.1. The van der Waals surface area contributed by atoms with Crippen molar-refractivity contribution in [3.8, 4) is 28.3 Å². The molecule has 36 heavy (non-hydrogen) atoms. The number of fused-ring (bicyclic) bond motifs is 1. The number of nitrogens with zero attached hydrogens (tertiary/aromatic N) is 5. The predicted octanol–water partition coefficient (Wildman–Crippen LogP) is 4.14. The van der Waals surface area contributed by atoms with Gasteiger partial charge in [-0.05, 0) is 42.0 Å². The molecule has 2 saturated heterocycles. The van der Waals surface area contributed by atoms with E-state index in [1.807, 2.05) is 42.5 Å². The van der Waals surface area contributed by atoms with Gasteiger partial charge in [-0.2, -0.15) is 0 Å². The highest BCUT2D eigenvalue weighted by molar-refractivity contribution is 5.84. The quantitative estimate of drug-likeness (QED) is 0.399. The molecule has 0 bridgehead atoms. The predicted molar refractivity (Wildman–Crippen MR) is 143 cm³/mol. The smallest absolute Gasteiger partial charge is 0.165 e. The molecule has 1 spiro atoms. The fourth-order valence-electron chi connectivity index (χ4n) is 5.48. The Balaban J connectivity index is 1.30. The molecule has 0 atom stereocenters. The van der Waals surface area contributed by atoms with Crippen LogP contribution in [-0.2, 0) is 6.54 Å². The summed E-state index contributed by atoms with van der Waals surface area (Å²) in [6.45, 7) is 5.67. The molecule has 2 aliphatic heterocycles. The zero-order valence-electron chi connectivity index (χ0n) is 19.9. The molecule has 2 aromatic carbocycles. The molecule has 7 heteroatoms. The molecule has 5 aromatic rings. The molecule has 2 aliphatic rings. The second-order valence-corrected chi connectivity index (χ2v) is 10.0. The third-order valence-electron chi connectivity index (χ3n) is 7.37. The van der Waals surface area contributed by atoms with Gasteiger partial charge in [0.05, 0.1) is 11.3 Å². The van der Waals surface area contributed by atoms with Gasteiger partial charge in [-0.3, -0.25) is 9.47 Å². The topological polar surface area (TPSA) is 84.9 Å². The van der Waals surface area contributed by atoms with E-state index in [0.29, 0.717) is 11.2 Å². The molecular weight excluding hydrogens is 446 g/mol. The summed E-state index contributed by atoms with van der Waals surface area (Å²) < 4.78 is 2.09. The number of nitrogens with one attached hydrogen (secondary N) is 1. The largest absolute Gasteiger partial charge is 0.383 e. The third kappa shape index (κ3) is 3.56. The van der Waals surface area contributed by atoms with Crippen LogP contribution >= 0.6 is 0 Å². The van der Waals surface area contributed by atoms with Crippen molar-refractivity contribution in [2.45, 2.75) is 6.54 Å². The second-order valence-electron chi connectivity index (χ2n) is 10.0. The van der Waals surface area contributed by atoms with Gasteiger partial charge >= 0.3 is 0 Å². The average molecular weight is 474 g/mol. The van der Waals surface area contributed by atoms with Crippen molar-refractivity contribution in [1.82, 2.24) is 29.7 Å². The maximum absolute atomic E-state index is 6.29. The highest BCUT2D eigenvalue weighted by Crippen LogP contribution is 2.35. The lowest BCUT2D eigenvalue weighted by Crippen LogP contribution is -2.70. The summed E-state index contributed by atoms with van der Waals surface area (Å²) in [5.41, 5.74) is 13.5. The van der Waals surface area contributed by atoms with Crippen molar-refractivity contribution in [1.29, 1.82) is 0 Å². The van der Waals surface area contributed by atoms with E-state index in [-0.39, 0.29) is 0 Å². The standard InChI is InChI=1S/C29H27N7/c30-26-23(7-4-14-32-26)27-34-25-13-12-24(21-5-2-1-3-6-21)33-28(25)36(27)22-10-8-20(9-11-22)15-35-18-29(19-35)16-31-17-29/h1-14,31H,15-19H2,(H2,30,32). The number of rotatable bonds is 5. The average Bonchev–Trinajstić information content (AvgIpc) is 3.24. The minimum atomic E-state index is 0.450. The van der Waals surface area contributed by atoms with E-state index in [4.69, 9.17) is 15.7 Å². The van der Waals surface area contributed by atoms with Crippen LogP contribution in [-0.4, -0.2) is 50.6 Å². The minimum Gasteiger partial charge on any atom is -0.383 e. The molecule has 0 unspecified atom stereocenters. The number of hydrogen-bond acceptors (Lipinski definition) is 6. The second kappa shape index (κ2) is 8.26. The van der Waals surface area contributed by atoms with Crippen LogP contribution in [0.4, 0.5) is 5.82 Å². The monoisotopic (exact) mass is 473 g/mol. The molecule has 0 aliphatic carbocycles. The Morgan fingerprint density at radius 3 is 2.39 bits per heavy atom. The Morgan fingerprint density at radius 2 is 1.67 bits per heavy atom. The van der Waals surface area contributed by atoms with Crippen LogP contribution < -0.4 is 11.1 Å². The molecule has 178 valence electrons. The Hall–Kier alpha value is -4.07. The van der Waals surface area contributed by atoms with E-state index < -0.39 is 0 Å². The van der Waals surface area contributed by atoms with Crippen LogP contribution in [0.15, 0.2) is 85.1 Å². The fraction of sp³-hybridized carbons (Fsp3) is 0.207. The Kier molecular flexibility index (Phi) is 4.87. The van der Waals surface area contributed by atoms with Crippen molar-refractivity contribution in [2.75, 3.05) is 31.9 Å². The molecule has 7 rings (SSSR count). The van der Waals surface area contributed by atoms with E-state index in [2.05, 4.69) is 56.2 Å². The van der Waals surface area contributed by atoms with Gasteiger partial charge in [0.1, 0.15) is 11.3 Å². The van der Waals surface area contributed by atoms with Crippen molar-refractivity contribution in [3.05, 3.63) is 90.6 Å². The molecule has 2 fully saturated rings. The van der Waals surface area contributed by atoms with Gasteiger partial charge in [-0.1, -0.05) is 42.5 Å². The number of pyridine rings is 2. The lowest BCUT2D eigenvalue weighted by atomic mass is 9.74. The van der Waals surface area contributed by atoms with Crippen molar-refractivity contribution in [3.63, 3.8) is 0 Å². The van der Waals surface area contributed by atoms with Gasteiger partial charge in [-0.25, -0.2) is 15.0 Å². The number of likely N-dealkylation sites (tertiary alicyclic amines) is 1. The SMILES string of the molecule is Nc1ncccc1-c1nc2ccc(-c3ccccc3)nc2n1-c1ccc(CN2CC3(CNC3)C2)cc1. The molecule has 0 radical (unpaired) electrons. The third-order valence-corrected chi connectivity index (χ3v) is 7.37. The highest BCUT2D eigenvalue weighted by Gasteiger charge is 2.47. The van der Waals surface area contributed by atoms with Gasteiger partial charge in [0.25, 0.3) is 0 Å². The van der Waals surface area contributed by atoms with Gasteiger partial charge in [0.2, 0.25) is 0 Å². The van der Waals surface area contributed by atoms with Crippen LogP contribution in [0.2, 0.25) is 0 Å². The summed E-state index contributed by atoms with van der Waals surface area (Å²) in [7, 11) is 0. The fourth-order valence-corrected chi connectivity index (χ4v) is 5.48. The lowest BCUT2D eigenvalue weighted by Gasteiger charge is -2.56. The first-order valence-corrected chi connectivity index (χ1v) is 12.4. The van der Waals surface area contributed by atoms with Gasteiger partial charge in [0, 0.05) is 55.6 Å². The number of aromatic nitrogens is 4. The molecule has 3 aromatic heterocycles. The summed E-state index contributed by atoms with van der Waals surface area (Å²) in [6, 6.07) is 26.8. The first kappa shape index (κ1) is 21.2. The minimum absolute atomic E-state index is 0.450. The number of anilines is 1. The van der Waals surface area contributed by atoms with E-state index in [9.17, 15) is 0 Å². The number of imidazole rings is 1. The molecular formula is C29H27N7. The van der Waals surface area contributed by atoms with Crippen LogP contribution in [0.5, 0.6) is 0 Å². The van der Waals surface area contributed by atoms with Gasteiger partial charge in [-0.15, -0.1) is 0 Å². The van der Waals surface area contributed by atoms with Crippen LogP contribution in [0.1, 0.15) is 5.56 Å². The Morgan fingerprint density at radius 1 is 0.861 bits per heavy atom. The summed E-state index contributed by atoms with van der Waals surface area (Å²) in [4.78, 5) is 16.8. The molecule has 7 nitrogen and oxygen atoms in total. The van der Waals surface area contributed by atoms with E-state index in [0.717, 1.165) is 59.1 Å². The maximum Gasteiger partial charge on any atom is 0.165 e. The van der Waals surface area contributed by atoms with Crippen molar-refractivity contribution in [2.24, 2.45) is 5.41 Å². The summed E-state index contributed by atoms with van der Waals surface area (Å²) in [5.74, 6) is 1.19. The van der Waals surface area contributed by atoms with Gasteiger partial charge < -0.3 is 11.1 Å². The zero-order valence-corrected chi connectivity index (χ0v) is 19.9. The van der Waals surface area contributed by atoms with Crippen LogP contribution in [0.25, 0.3) is 39.5 Å². The van der Waals surface area contributed by atoms with Crippen LogP contribution in [0, 0.1) is 5.41 Å². The number of benzene rings is 2. The summed E-state index contributed by atoms with van der Waals surface area (Å²) in [6.07, 6.45) is 1.70. The Bertz CT molecular complexity index is 1540. The summed E-state index contributed by atoms with van der Waals surface area (Å²) in [5, 5.41) is 3.41. The highest BCUT2D eigenvalue weighted by atomic mass is 15.3.